The van der Waals surface area contributed by atoms with E-state index < -0.39 is 16.2 Å². The average molecular weight is 405 g/mol. The quantitative estimate of drug-likeness (QED) is 0.141. The van der Waals surface area contributed by atoms with Crippen molar-refractivity contribution in [2.24, 2.45) is 5.92 Å². The van der Waals surface area contributed by atoms with Gasteiger partial charge in [-0.1, -0.05) is 94.0 Å². The fourth-order valence-electron chi connectivity index (χ4n) is 2.98. The molecular formula is C20H37BrO3. The highest BCUT2D eigenvalue weighted by Gasteiger charge is 2.38. The predicted molar refractivity (Wildman–Crippen MR) is 105 cm³/mol. The summed E-state index contributed by atoms with van der Waals surface area (Å²) in [6.45, 7) is 6.20. The van der Waals surface area contributed by atoms with Crippen molar-refractivity contribution in [3.05, 3.63) is 0 Å². The third-order valence-corrected chi connectivity index (χ3v) is 5.45. The van der Waals surface area contributed by atoms with E-state index in [-0.39, 0.29) is 5.78 Å². The summed E-state index contributed by atoms with van der Waals surface area (Å²) in [6.07, 6.45) is 13.2. The molecule has 0 aromatic carbocycles. The molecule has 142 valence electrons. The molecule has 4 heteroatoms. The summed E-state index contributed by atoms with van der Waals surface area (Å²) in [5.41, 5.74) is 0. The first-order chi connectivity index (χ1) is 11.4. The lowest BCUT2D eigenvalue weighted by Gasteiger charge is -2.25. The lowest BCUT2D eigenvalue weighted by molar-refractivity contribution is -0.150. The normalized spacial score (nSPS) is 14.9. The molecule has 24 heavy (non-hydrogen) atoms. The fourth-order valence-corrected chi connectivity index (χ4v) is 3.54. The Morgan fingerprint density at radius 2 is 1.42 bits per heavy atom. The molecule has 0 saturated heterocycles. The Morgan fingerprint density at radius 3 is 1.92 bits per heavy atom. The molecule has 0 aliphatic carbocycles. The van der Waals surface area contributed by atoms with Crippen LogP contribution < -0.4 is 0 Å². The van der Waals surface area contributed by atoms with Gasteiger partial charge in [-0.15, -0.1) is 0 Å². The van der Waals surface area contributed by atoms with E-state index >= 15 is 0 Å². The molecule has 0 amide bonds. The highest BCUT2D eigenvalue weighted by atomic mass is 79.9. The second-order valence-electron chi connectivity index (χ2n) is 7.00. The summed E-state index contributed by atoms with van der Waals surface area (Å²) in [5.74, 6) is -1.05. The maximum atomic E-state index is 12.8. The van der Waals surface area contributed by atoms with Crippen LogP contribution in [0.4, 0.5) is 0 Å². The van der Waals surface area contributed by atoms with Gasteiger partial charge in [0.15, 0.2) is 5.78 Å². The number of methoxy groups -OCH3 is 1. The molecule has 0 aromatic heterocycles. The molecule has 0 heterocycles. The Hall–Kier alpha value is -0.380. The van der Waals surface area contributed by atoms with Gasteiger partial charge in [-0.2, -0.15) is 0 Å². The minimum absolute atomic E-state index is 0.0225. The van der Waals surface area contributed by atoms with E-state index in [0.717, 1.165) is 32.1 Å². The smallest absolute Gasteiger partial charge is 0.316 e. The van der Waals surface area contributed by atoms with Gasteiger partial charge in [0.2, 0.25) is 0 Å². The van der Waals surface area contributed by atoms with Crippen molar-refractivity contribution >= 4 is 27.7 Å². The lowest BCUT2D eigenvalue weighted by Crippen LogP contribution is -2.38. The number of unbranched alkanes of at least 4 members (excludes halogenated alkanes) is 8. The first-order valence-electron chi connectivity index (χ1n) is 9.71. The van der Waals surface area contributed by atoms with Crippen LogP contribution in [0.3, 0.4) is 0 Å². The van der Waals surface area contributed by atoms with Crippen LogP contribution in [0.15, 0.2) is 0 Å². The second kappa shape index (κ2) is 13.9. The zero-order valence-corrected chi connectivity index (χ0v) is 17.8. The van der Waals surface area contributed by atoms with Gasteiger partial charge in [-0.05, 0) is 19.8 Å². The monoisotopic (exact) mass is 404 g/mol. The fraction of sp³-hybridized carbons (Fsp3) is 0.900. The van der Waals surface area contributed by atoms with E-state index in [2.05, 4.69) is 29.8 Å². The molecule has 3 nitrogen and oxygen atoms in total. The number of alkyl halides is 1. The number of esters is 1. The Kier molecular flexibility index (Phi) is 13.6. The van der Waals surface area contributed by atoms with Gasteiger partial charge in [0.1, 0.15) is 5.92 Å². The molecule has 0 rings (SSSR count). The molecule has 0 spiro atoms. The van der Waals surface area contributed by atoms with E-state index in [4.69, 9.17) is 4.74 Å². The second-order valence-corrected chi connectivity index (χ2v) is 8.75. The van der Waals surface area contributed by atoms with Crippen LogP contribution in [0.25, 0.3) is 0 Å². The Balaban J connectivity index is 4.25. The van der Waals surface area contributed by atoms with Crippen molar-refractivity contribution in [2.45, 2.75) is 102 Å². The zero-order valence-electron chi connectivity index (χ0n) is 16.2. The Morgan fingerprint density at radius 1 is 0.917 bits per heavy atom. The first-order valence-corrected chi connectivity index (χ1v) is 10.5. The summed E-state index contributed by atoms with van der Waals surface area (Å²) in [6, 6.07) is 0. The minimum Gasteiger partial charge on any atom is -0.468 e. The first kappa shape index (κ1) is 23.6. The topological polar surface area (TPSA) is 43.4 Å². The van der Waals surface area contributed by atoms with Gasteiger partial charge in [0.25, 0.3) is 0 Å². The van der Waals surface area contributed by atoms with Gasteiger partial charge < -0.3 is 4.74 Å². The molecular weight excluding hydrogens is 368 g/mol. The number of hydrogen-bond donors (Lipinski definition) is 0. The number of rotatable bonds is 15. The van der Waals surface area contributed by atoms with Crippen LogP contribution in [-0.4, -0.2) is 23.2 Å². The number of Topliss-reactive ketones (excluding diaryl/α,β-unsaturated/α-hetero) is 1. The molecule has 0 fully saturated rings. The number of hydrogen-bond acceptors (Lipinski definition) is 3. The van der Waals surface area contributed by atoms with E-state index in [1.165, 1.54) is 45.6 Å². The Bertz CT molecular complexity index is 353. The van der Waals surface area contributed by atoms with E-state index in [9.17, 15) is 9.59 Å². The molecule has 0 saturated carbocycles. The van der Waals surface area contributed by atoms with Crippen molar-refractivity contribution in [1.82, 2.24) is 0 Å². The van der Waals surface area contributed by atoms with Gasteiger partial charge in [0, 0.05) is 0 Å². The SMILES string of the molecule is CCCCCCCCCC[C@](C)(Br)C(=O)[C@@H](CCCC)C(=O)OC. The summed E-state index contributed by atoms with van der Waals surface area (Å²) >= 11 is 3.58. The number of ketones is 1. The standard InChI is InChI=1S/C20H37BrO3/c1-5-7-9-10-11-12-13-14-16-20(3,21)18(22)17(15-8-6-2)19(23)24-4/h17H,5-16H2,1-4H3/t17-,20+/m1/s1. The molecule has 0 N–H and O–H groups in total. The van der Waals surface area contributed by atoms with Gasteiger partial charge in [0.05, 0.1) is 11.4 Å². The van der Waals surface area contributed by atoms with Crippen molar-refractivity contribution in [2.75, 3.05) is 7.11 Å². The Labute approximate surface area is 157 Å². The average Bonchev–Trinajstić information content (AvgIpc) is 2.56. The number of carbonyl (C=O) groups is 2. The summed E-state index contributed by atoms with van der Waals surface area (Å²) in [7, 11) is 1.36. The van der Waals surface area contributed by atoms with Crippen molar-refractivity contribution in [3.8, 4) is 0 Å². The number of ether oxygens (including phenoxy) is 1. The molecule has 0 aliphatic heterocycles. The van der Waals surface area contributed by atoms with Gasteiger partial charge in [-0.3, -0.25) is 9.59 Å². The van der Waals surface area contributed by atoms with Gasteiger partial charge in [-0.25, -0.2) is 0 Å². The molecule has 0 unspecified atom stereocenters. The largest absolute Gasteiger partial charge is 0.468 e. The van der Waals surface area contributed by atoms with Crippen LogP contribution in [0.2, 0.25) is 0 Å². The van der Waals surface area contributed by atoms with E-state index in [1.54, 1.807) is 0 Å². The van der Waals surface area contributed by atoms with E-state index in [0.29, 0.717) is 6.42 Å². The van der Waals surface area contributed by atoms with Crippen molar-refractivity contribution < 1.29 is 14.3 Å². The van der Waals surface area contributed by atoms with Crippen LogP contribution in [0, 0.1) is 5.92 Å². The summed E-state index contributed by atoms with van der Waals surface area (Å²) in [5, 5.41) is 0. The highest BCUT2D eigenvalue weighted by molar-refractivity contribution is 9.10. The van der Waals surface area contributed by atoms with Crippen molar-refractivity contribution in [3.63, 3.8) is 0 Å². The third kappa shape index (κ3) is 9.80. The zero-order chi connectivity index (χ0) is 18.4. The summed E-state index contributed by atoms with van der Waals surface area (Å²) < 4.78 is 4.21. The highest BCUT2D eigenvalue weighted by Crippen LogP contribution is 2.31. The van der Waals surface area contributed by atoms with Crippen LogP contribution in [-0.2, 0) is 14.3 Å². The van der Waals surface area contributed by atoms with Crippen molar-refractivity contribution in [1.29, 1.82) is 0 Å². The number of halogens is 1. The minimum atomic E-state index is -0.631. The lowest BCUT2D eigenvalue weighted by atomic mass is 9.87. The molecule has 0 radical (unpaired) electrons. The molecule has 2 atom stereocenters. The maximum Gasteiger partial charge on any atom is 0.316 e. The van der Waals surface area contributed by atoms with Crippen LogP contribution in [0.1, 0.15) is 97.8 Å². The molecule has 0 aromatic rings. The van der Waals surface area contributed by atoms with E-state index in [1.807, 2.05) is 6.92 Å². The summed E-state index contributed by atoms with van der Waals surface area (Å²) in [4.78, 5) is 24.7. The predicted octanol–water partition coefficient (Wildman–Crippen LogP) is 6.22. The number of carbonyl (C=O) groups excluding carboxylic acids is 2. The van der Waals surface area contributed by atoms with Crippen LogP contribution >= 0.6 is 15.9 Å². The molecule has 0 bridgehead atoms. The van der Waals surface area contributed by atoms with Gasteiger partial charge >= 0.3 is 5.97 Å². The molecule has 0 aliphatic rings. The van der Waals surface area contributed by atoms with Crippen LogP contribution in [0.5, 0.6) is 0 Å². The maximum absolute atomic E-state index is 12.8. The third-order valence-electron chi connectivity index (χ3n) is 4.66.